The molecule has 1 heterocycles. The van der Waals surface area contributed by atoms with E-state index >= 15 is 0 Å². The van der Waals surface area contributed by atoms with Crippen LogP contribution in [-0.2, 0) is 0 Å². The molecule has 0 saturated heterocycles. The third kappa shape index (κ3) is 2.42. The summed E-state index contributed by atoms with van der Waals surface area (Å²) in [7, 11) is 0. The summed E-state index contributed by atoms with van der Waals surface area (Å²) in [5.41, 5.74) is 2.12. The predicted molar refractivity (Wildman–Crippen MR) is 54.8 cm³/mol. The standard InChI is InChI=1S/C8H7Br2N/c1-6(4-9)7-2-3-8(10)11-5-7/h2-3,5H,1,4H2. The zero-order valence-electron chi connectivity index (χ0n) is 5.85. The Hall–Kier alpha value is -0.150. The maximum absolute atomic E-state index is 4.08. The molecule has 1 aromatic rings. The molecule has 58 valence electrons. The Morgan fingerprint density at radius 1 is 1.55 bits per heavy atom. The quantitative estimate of drug-likeness (QED) is 0.597. The van der Waals surface area contributed by atoms with E-state index in [1.54, 1.807) is 6.20 Å². The molecule has 0 unspecified atom stereocenters. The average molecular weight is 277 g/mol. The smallest absolute Gasteiger partial charge is 0.106 e. The van der Waals surface area contributed by atoms with Gasteiger partial charge in [0.15, 0.2) is 0 Å². The molecule has 0 aliphatic carbocycles. The lowest BCUT2D eigenvalue weighted by molar-refractivity contribution is 1.26. The summed E-state index contributed by atoms with van der Waals surface area (Å²) in [5.74, 6) is 0. The van der Waals surface area contributed by atoms with E-state index in [4.69, 9.17) is 0 Å². The predicted octanol–water partition coefficient (Wildman–Crippen LogP) is 3.25. The molecule has 0 aromatic carbocycles. The van der Waals surface area contributed by atoms with Crippen molar-refractivity contribution in [2.75, 3.05) is 5.33 Å². The molecule has 0 atom stereocenters. The van der Waals surface area contributed by atoms with Gasteiger partial charge in [0.25, 0.3) is 0 Å². The summed E-state index contributed by atoms with van der Waals surface area (Å²) in [5, 5.41) is 0.788. The highest BCUT2D eigenvalue weighted by molar-refractivity contribution is 9.10. The van der Waals surface area contributed by atoms with Crippen LogP contribution in [0.1, 0.15) is 5.56 Å². The van der Waals surface area contributed by atoms with Crippen LogP contribution < -0.4 is 0 Å². The van der Waals surface area contributed by atoms with Crippen LogP contribution >= 0.6 is 31.9 Å². The molecule has 0 spiro atoms. The second-order valence-electron chi connectivity index (χ2n) is 2.11. The summed E-state index contributed by atoms with van der Waals surface area (Å²) in [6.07, 6.45) is 1.80. The Balaban J connectivity index is 2.90. The van der Waals surface area contributed by atoms with Gasteiger partial charge in [-0.1, -0.05) is 28.6 Å². The van der Waals surface area contributed by atoms with Crippen molar-refractivity contribution in [3.63, 3.8) is 0 Å². The van der Waals surface area contributed by atoms with Gasteiger partial charge in [0.2, 0.25) is 0 Å². The maximum atomic E-state index is 4.08. The van der Waals surface area contributed by atoms with Crippen LogP contribution in [0.25, 0.3) is 5.57 Å². The van der Waals surface area contributed by atoms with E-state index in [-0.39, 0.29) is 0 Å². The van der Waals surface area contributed by atoms with Gasteiger partial charge in [-0.15, -0.1) is 0 Å². The second-order valence-corrected chi connectivity index (χ2v) is 3.48. The van der Waals surface area contributed by atoms with E-state index in [2.05, 4.69) is 43.4 Å². The van der Waals surface area contributed by atoms with Gasteiger partial charge in [0, 0.05) is 11.5 Å². The normalized spacial score (nSPS) is 9.64. The largest absolute Gasteiger partial charge is 0.249 e. The lowest BCUT2D eigenvalue weighted by Gasteiger charge is -1.99. The molecule has 1 nitrogen and oxygen atoms in total. The van der Waals surface area contributed by atoms with Crippen molar-refractivity contribution in [2.45, 2.75) is 0 Å². The third-order valence-electron chi connectivity index (χ3n) is 1.30. The fourth-order valence-electron chi connectivity index (χ4n) is 0.662. The molecule has 0 saturated carbocycles. The second kappa shape index (κ2) is 4.02. The molecule has 1 aromatic heterocycles. The number of allylic oxidation sites excluding steroid dienone is 1. The molecule has 3 heteroatoms. The fraction of sp³-hybridized carbons (Fsp3) is 0.125. The number of aromatic nitrogens is 1. The van der Waals surface area contributed by atoms with Crippen molar-refractivity contribution >= 4 is 37.4 Å². The molecule has 0 N–H and O–H groups in total. The first-order chi connectivity index (χ1) is 5.24. The zero-order valence-corrected chi connectivity index (χ0v) is 9.02. The zero-order chi connectivity index (χ0) is 8.27. The van der Waals surface area contributed by atoms with Crippen LogP contribution in [-0.4, -0.2) is 10.3 Å². The Morgan fingerprint density at radius 3 is 2.73 bits per heavy atom. The lowest BCUT2D eigenvalue weighted by atomic mass is 10.2. The Kier molecular flexibility index (Phi) is 3.27. The van der Waals surface area contributed by atoms with E-state index in [9.17, 15) is 0 Å². The van der Waals surface area contributed by atoms with Crippen molar-refractivity contribution in [1.29, 1.82) is 0 Å². The highest BCUT2D eigenvalue weighted by atomic mass is 79.9. The van der Waals surface area contributed by atoms with Gasteiger partial charge in [-0.25, -0.2) is 4.98 Å². The van der Waals surface area contributed by atoms with Crippen molar-refractivity contribution in [1.82, 2.24) is 4.98 Å². The highest BCUT2D eigenvalue weighted by Gasteiger charge is 1.96. The van der Waals surface area contributed by atoms with Crippen LogP contribution in [0.2, 0.25) is 0 Å². The first-order valence-corrected chi connectivity index (χ1v) is 5.01. The summed E-state index contributed by atoms with van der Waals surface area (Å²) >= 11 is 6.59. The molecule has 11 heavy (non-hydrogen) atoms. The number of alkyl halides is 1. The van der Waals surface area contributed by atoms with Gasteiger partial charge >= 0.3 is 0 Å². The molecular weight excluding hydrogens is 270 g/mol. The van der Waals surface area contributed by atoms with Gasteiger partial charge in [-0.3, -0.25) is 0 Å². The monoisotopic (exact) mass is 275 g/mol. The first-order valence-electron chi connectivity index (χ1n) is 3.09. The number of pyridine rings is 1. The Labute approximate surface area is 82.8 Å². The van der Waals surface area contributed by atoms with E-state index in [1.165, 1.54) is 0 Å². The molecule has 0 bridgehead atoms. The number of halogens is 2. The maximum Gasteiger partial charge on any atom is 0.106 e. The van der Waals surface area contributed by atoms with Crippen molar-refractivity contribution in [3.8, 4) is 0 Å². The van der Waals surface area contributed by atoms with Gasteiger partial charge in [0.05, 0.1) is 0 Å². The molecule has 0 fully saturated rings. The first kappa shape index (κ1) is 8.94. The summed E-state index contributed by atoms with van der Waals surface area (Å²) in [6.45, 7) is 3.87. The molecule has 0 aliphatic rings. The number of nitrogens with zero attached hydrogens (tertiary/aromatic N) is 1. The number of hydrogen-bond acceptors (Lipinski definition) is 1. The van der Waals surface area contributed by atoms with Crippen LogP contribution in [0.4, 0.5) is 0 Å². The fourth-order valence-corrected chi connectivity index (χ4v) is 1.22. The third-order valence-corrected chi connectivity index (χ3v) is 2.44. The van der Waals surface area contributed by atoms with Gasteiger partial charge in [-0.2, -0.15) is 0 Å². The van der Waals surface area contributed by atoms with Gasteiger partial charge in [0.1, 0.15) is 4.60 Å². The molecule has 0 amide bonds. The van der Waals surface area contributed by atoms with Crippen molar-refractivity contribution < 1.29 is 0 Å². The number of hydrogen-bond donors (Lipinski definition) is 0. The van der Waals surface area contributed by atoms with Gasteiger partial charge < -0.3 is 0 Å². The van der Waals surface area contributed by atoms with E-state index in [0.717, 1.165) is 21.1 Å². The number of rotatable bonds is 2. The Bertz CT molecular complexity index is 253. The SMILES string of the molecule is C=C(CBr)c1ccc(Br)nc1. The highest BCUT2D eigenvalue weighted by Crippen LogP contribution is 2.15. The summed E-state index contributed by atoms with van der Waals surface area (Å²) < 4.78 is 0.851. The van der Waals surface area contributed by atoms with Crippen LogP contribution in [0.3, 0.4) is 0 Å². The minimum atomic E-state index is 0.788. The topological polar surface area (TPSA) is 12.9 Å². The van der Waals surface area contributed by atoms with E-state index in [1.807, 2.05) is 12.1 Å². The van der Waals surface area contributed by atoms with Crippen molar-refractivity contribution in [2.24, 2.45) is 0 Å². The average Bonchev–Trinajstić information content (AvgIpc) is 2.05. The Morgan fingerprint density at radius 2 is 2.27 bits per heavy atom. The lowest BCUT2D eigenvalue weighted by Crippen LogP contribution is -1.84. The minimum absolute atomic E-state index is 0.788. The van der Waals surface area contributed by atoms with Crippen LogP contribution in [0.5, 0.6) is 0 Å². The van der Waals surface area contributed by atoms with Crippen LogP contribution in [0.15, 0.2) is 29.5 Å². The van der Waals surface area contributed by atoms with E-state index in [0.29, 0.717) is 0 Å². The van der Waals surface area contributed by atoms with E-state index < -0.39 is 0 Å². The van der Waals surface area contributed by atoms with Crippen molar-refractivity contribution in [3.05, 3.63) is 35.1 Å². The van der Waals surface area contributed by atoms with Crippen LogP contribution in [0, 0.1) is 0 Å². The minimum Gasteiger partial charge on any atom is -0.249 e. The summed E-state index contributed by atoms with van der Waals surface area (Å²) in [6, 6.07) is 3.89. The van der Waals surface area contributed by atoms with Gasteiger partial charge in [-0.05, 0) is 33.1 Å². The molecule has 1 rings (SSSR count). The molecule has 0 radical (unpaired) electrons. The summed E-state index contributed by atoms with van der Waals surface area (Å²) in [4.78, 5) is 4.08. The molecular formula is C8H7Br2N. The molecule has 0 aliphatic heterocycles.